The van der Waals surface area contributed by atoms with Gasteiger partial charge in [0.15, 0.2) is 4.34 Å². The van der Waals surface area contributed by atoms with Crippen LogP contribution >= 0.6 is 34.7 Å². The predicted octanol–water partition coefficient (Wildman–Crippen LogP) is 4.75. The van der Waals surface area contributed by atoms with Crippen molar-refractivity contribution in [3.8, 4) is 0 Å². The van der Waals surface area contributed by atoms with Gasteiger partial charge in [-0.05, 0) is 29.7 Å². The van der Waals surface area contributed by atoms with Crippen molar-refractivity contribution in [2.75, 3.05) is 11.9 Å². The summed E-state index contributed by atoms with van der Waals surface area (Å²) in [7, 11) is 0. The van der Waals surface area contributed by atoms with E-state index < -0.39 is 0 Å². The van der Waals surface area contributed by atoms with E-state index in [-0.39, 0.29) is 5.63 Å². The first-order chi connectivity index (χ1) is 12.1. The number of halogens is 1. The number of anilines is 1. The van der Waals surface area contributed by atoms with Crippen LogP contribution in [0.15, 0.2) is 44.4 Å². The zero-order valence-corrected chi connectivity index (χ0v) is 15.9. The fraction of sp³-hybridized carbons (Fsp3) is 0.235. The van der Waals surface area contributed by atoms with Gasteiger partial charge in [0, 0.05) is 28.8 Å². The number of aryl methyl sites for hydroxylation is 1. The van der Waals surface area contributed by atoms with Crippen molar-refractivity contribution in [1.82, 2.24) is 10.2 Å². The Labute approximate surface area is 158 Å². The van der Waals surface area contributed by atoms with Gasteiger partial charge in [0.2, 0.25) is 5.13 Å². The van der Waals surface area contributed by atoms with Gasteiger partial charge in [-0.15, -0.1) is 16.8 Å². The highest BCUT2D eigenvalue weighted by Gasteiger charge is 2.11. The quantitative estimate of drug-likeness (QED) is 0.355. The van der Waals surface area contributed by atoms with E-state index in [0.29, 0.717) is 22.9 Å². The maximum absolute atomic E-state index is 11.9. The molecule has 3 rings (SSSR count). The lowest BCUT2D eigenvalue weighted by atomic mass is 10.1. The van der Waals surface area contributed by atoms with Crippen molar-refractivity contribution in [3.05, 3.63) is 57.4 Å². The monoisotopic (exact) mass is 393 g/mol. The van der Waals surface area contributed by atoms with Gasteiger partial charge in [-0.1, -0.05) is 47.7 Å². The van der Waals surface area contributed by atoms with E-state index in [0.717, 1.165) is 32.4 Å². The first kappa shape index (κ1) is 18.0. The smallest absolute Gasteiger partial charge is 0.336 e. The molecule has 2 heterocycles. The Balaban J connectivity index is 1.85. The molecular weight excluding hydrogens is 378 g/mol. The Bertz CT molecular complexity index is 968. The molecule has 0 spiro atoms. The summed E-state index contributed by atoms with van der Waals surface area (Å²) in [5.41, 5.74) is 2.04. The van der Waals surface area contributed by atoms with E-state index in [9.17, 15) is 4.79 Å². The number of hydrogen-bond acceptors (Lipinski definition) is 7. The number of hydrogen-bond donors (Lipinski definition) is 1. The van der Waals surface area contributed by atoms with Crippen molar-refractivity contribution in [2.24, 2.45) is 0 Å². The Morgan fingerprint density at radius 3 is 2.96 bits per heavy atom. The van der Waals surface area contributed by atoms with Crippen molar-refractivity contribution >= 4 is 50.8 Å². The summed E-state index contributed by atoms with van der Waals surface area (Å²) in [6, 6.07) is 5.22. The predicted molar refractivity (Wildman–Crippen MR) is 105 cm³/mol. The molecule has 0 amide bonds. The zero-order chi connectivity index (χ0) is 17.8. The van der Waals surface area contributed by atoms with Crippen LogP contribution in [0.1, 0.15) is 18.1 Å². The standard InChI is InChI=1S/C17H16ClN3O2S2/c1-3-5-19-16-20-21-17(25-16)24-9-11-7-15(22)23-14-6-10(4-2)13(18)8-12(11)14/h3,6-8H,1,4-5,9H2,2H3,(H,19,20). The van der Waals surface area contributed by atoms with Gasteiger partial charge in [-0.2, -0.15) is 0 Å². The van der Waals surface area contributed by atoms with E-state index >= 15 is 0 Å². The Morgan fingerprint density at radius 1 is 1.36 bits per heavy atom. The fourth-order valence-electron chi connectivity index (χ4n) is 2.32. The number of nitrogens with one attached hydrogen (secondary N) is 1. The molecule has 0 saturated heterocycles. The number of nitrogens with zero attached hydrogens (tertiary/aromatic N) is 2. The van der Waals surface area contributed by atoms with Crippen LogP contribution in [-0.2, 0) is 12.2 Å². The lowest BCUT2D eigenvalue weighted by Crippen LogP contribution is -2.00. The molecule has 0 aliphatic rings. The molecule has 0 fully saturated rings. The number of benzene rings is 1. The second-order valence-corrected chi connectivity index (χ2v) is 7.82. The number of fused-ring (bicyclic) bond motifs is 1. The number of rotatable bonds is 7. The summed E-state index contributed by atoms with van der Waals surface area (Å²) in [4.78, 5) is 11.9. The number of thioether (sulfide) groups is 1. The summed E-state index contributed by atoms with van der Waals surface area (Å²) in [6.07, 6.45) is 2.54. The van der Waals surface area contributed by atoms with Crippen LogP contribution in [0.2, 0.25) is 5.02 Å². The molecule has 0 aliphatic carbocycles. The Kier molecular flexibility index (Phi) is 5.78. The number of aromatic nitrogens is 2. The van der Waals surface area contributed by atoms with Crippen molar-refractivity contribution in [1.29, 1.82) is 0 Å². The van der Waals surface area contributed by atoms with Gasteiger partial charge >= 0.3 is 5.63 Å². The van der Waals surface area contributed by atoms with Gasteiger partial charge in [0.05, 0.1) is 0 Å². The van der Waals surface area contributed by atoms with Crippen molar-refractivity contribution in [3.63, 3.8) is 0 Å². The van der Waals surface area contributed by atoms with Gasteiger partial charge in [-0.3, -0.25) is 0 Å². The van der Waals surface area contributed by atoms with E-state index in [1.54, 1.807) is 6.08 Å². The van der Waals surface area contributed by atoms with Crippen LogP contribution in [0.25, 0.3) is 11.0 Å². The van der Waals surface area contributed by atoms with Gasteiger partial charge in [0.25, 0.3) is 0 Å². The largest absolute Gasteiger partial charge is 0.423 e. The third-order valence-corrected chi connectivity index (χ3v) is 5.95. The Morgan fingerprint density at radius 2 is 2.20 bits per heavy atom. The normalized spacial score (nSPS) is 11.0. The van der Waals surface area contributed by atoms with Gasteiger partial charge < -0.3 is 9.73 Å². The maximum atomic E-state index is 11.9. The minimum Gasteiger partial charge on any atom is -0.423 e. The van der Waals surface area contributed by atoms with E-state index in [1.165, 1.54) is 29.2 Å². The van der Waals surface area contributed by atoms with Crippen LogP contribution in [0.3, 0.4) is 0 Å². The first-order valence-corrected chi connectivity index (χ1v) is 9.85. The van der Waals surface area contributed by atoms with Crippen LogP contribution < -0.4 is 10.9 Å². The molecule has 0 aliphatic heterocycles. The first-order valence-electron chi connectivity index (χ1n) is 7.67. The minimum atomic E-state index is -0.363. The lowest BCUT2D eigenvalue weighted by Gasteiger charge is -2.07. The van der Waals surface area contributed by atoms with Crippen LogP contribution in [0.4, 0.5) is 5.13 Å². The van der Waals surface area contributed by atoms with E-state index in [4.69, 9.17) is 16.0 Å². The molecule has 0 saturated carbocycles. The van der Waals surface area contributed by atoms with E-state index in [1.807, 2.05) is 19.1 Å². The summed E-state index contributed by atoms with van der Waals surface area (Å²) in [5.74, 6) is 0.583. The topological polar surface area (TPSA) is 68.0 Å². The SMILES string of the molecule is C=CCNc1nnc(SCc2cc(=O)oc3cc(CC)c(Cl)cc23)s1. The minimum absolute atomic E-state index is 0.363. The highest BCUT2D eigenvalue weighted by atomic mass is 35.5. The fourth-order valence-corrected chi connectivity index (χ4v) is 4.36. The lowest BCUT2D eigenvalue weighted by molar-refractivity contribution is 0.559. The summed E-state index contributed by atoms with van der Waals surface area (Å²) < 4.78 is 6.16. The van der Waals surface area contributed by atoms with Gasteiger partial charge in [-0.25, -0.2) is 4.79 Å². The molecule has 2 aromatic heterocycles. The zero-order valence-electron chi connectivity index (χ0n) is 13.5. The molecule has 8 heteroatoms. The van der Waals surface area contributed by atoms with Crippen molar-refractivity contribution < 1.29 is 4.42 Å². The molecule has 0 atom stereocenters. The third kappa shape index (κ3) is 4.23. The Hall–Kier alpha value is -1.83. The average Bonchev–Trinajstić information content (AvgIpc) is 3.05. The summed E-state index contributed by atoms with van der Waals surface area (Å²) >= 11 is 9.31. The highest BCUT2D eigenvalue weighted by Crippen LogP contribution is 2.32. The van der Waals surface area contributed by atoms with Gasteiger partial charge in [0.1, 0.15) is 5.58 Å². The molecule has 0 unspecified atom stereocenters. The average molecular weight is 394 g/mol. The summed E-state index contributed by atoms with van der Waals surface area (Å²) in [6.45, 7) is 6.31. The molecule has 0 bridgehead atoms. The molecule has 3 aromatic rings. The van der Waals surface area contributed by atoms with Crippen LogP contribution in [0, 0.1) is 0 Å². The molecule has 0 radical (unpaired) electrons. The molecule has 1 N–H and O–H groups in total. The maximum Gasteiger partial charge on any atom is 0.336 e. The molecule has 130 valence electrons. The van der Waals surface area contributed by atoms with Crippen molar-refractivity contribution in [2.45, 2.75) is 23.4 Å². The molecule has 5 nitrogen and oxygen atoms in total. The second-order valence-electron chi connectivity index (χ2n) is 5.22. The van der Waals surface area contributed by atoms with E-state index in [2.05, 4.69) is 22.1 Å². The molecule has 1 aromatic carbocycles. The molecular formula is C17H16ClN3O2S2. The summed E-state index contributed by atoms with van der Waals surface area (Å²) in [5, 5.41) is 13.6. The third-order valence-electron chi connectivity index (χ3n) is 3.53. The molecule has 25 heavy (non-hydrogen) atoms. The van der Waals surface area contributed by atoms with Crippen LogP contribution in [0.5, 0.6) is 0 Å². The van der Waals surface area contributed by atoms with Crippen LogP contribution in [-0.4, -0.2) is 16.7 Å². The second kappa shape index (κ2) is 8.03. The highest BCUT2D eigenvalue weighted by molar-refractivity contribution is 8.00.